The van der Waals surface area contributed by atoms with Gasteiger partial charge in [-0.05, 0) is 24.7 Å². The molecule has 1 aromatic heterocycles. The van der Waals surface area contributed by atoms with Crippen molar-refractivity contribution in [1.82, 2.24) is 14.8 Å². The summed E-state index contributed by atoms with van der Waals surface area (Å²) in [5, 5.41) is 2.97. The van der Waals surface area contributed by atoms with Crippen LogP contribution in [-0.4, -0.2) is 35.0 Å². The van der Waals surface area contributed by atoms with Crippen molar-refractivity contribution >= 4 is 5.91 Å². The van der Waals surface area contributed by atoms with Crippen molar-refractivity contribution in [2.45, 2.75) is 26.4 Å². The molecule has 0 saturated carbocycles. The first-order valence-electron chi connectivity index (χ1n) is 8.36. The van der Waals surface area contributed by atoms with E-state index in [2.05, 4.69) is 36.2 Å². The van der Waals surface area contributed by atoms with Crippen molar-refractivity contribution < 1.29 is 4.79 Å². The lowest BCUT2D eigenvalue weighted by atomic mass is 10.1. The van der Waals surface area contributed by atoms with E-state index in [9.17, 15) is 9.59 Å². The standard InChI is InChI=1S/C19H25N3O2/c1-3-21(4-2)17(16-10-6-5-7-11-16)14-20-18(23)15-22-13-9-8-12-19(22)24/h5-13,17H,3-4,14-15H2,1-2H3,(H,20,23)/t17-/m1/s1. The highest BCUT2D eigenvalue weighted by Crippen LogP contribution is 2.19. The van der Waals surface area contributed by atoms with Gasteiger partial charge in [0.05, 0.1) is 6.04 Å². The summed E-state index contributed by atoms with van der Waals surface area (Å²) in [4.78, 5) is 26.2. The number of benzene rings is 1. The van der Waals surface area contributed by atoms with Gasteiger partial charge in [0.25, 0.3) is 5.56 Å². The van der Waals surface area contributed by atoms with Gasteiger partial charge in [0.2, 0.25) is 5.91 Å². The predicted octanol–water partition coefficient (Wildman–Crippen LogP) is 2.05. The minimum Gasteiger partial charge on any atom is -0.353 e. The maximum Gasteiger partial charge on any atom is 0.250 e. The molecule has 1 atom stereocenters. The second kappa shape index (κ2) is 9.03. The molecule has 24 heavy (non-hydrogen) atoms. The van der Waals surface area contributed by atoms with Crippen LogP contribution in [-0.2, 0) is 11.3 Å². The van der Waals surface area contributed by atoms with Crippen LogP contribution in [0.1, 0.15) is 25.5 Å². The van der Waals surface area contributed by atoms with Gasteiger partial charge in [-0.25, -0.2) is 0 Å². The molecule has 5 nitrogen and oxygen atoms in total. The summed E-state index contributed by atoms with van der Waals surface area (Å²) in [6, 6.07) is 15.2. The van der Waals surface area contributed by atoms with E-state index in [0.29, 0.717) is 6.54 Å². The third kappa shape index (κ3) is 4.80. The van der Waals surface area contributed by atoms with E-state index < -0.39 is 0 Å². The Labute approximate surface area is 142 Å². The number of rotatable bonds is 8. The van der Waals surface area contributed by atoms with Gasteiger partial charge in [-0.1, -0.05) is 50.2 Å². The highest BCUT2D eigenvalue weighted by molar-refractivity contribution is 5.75. The number of carbonyl (C=O) groups is 1. The highest BCUT2D eigenvalue weighted by atomic mass is 16.2. The molecule has 1 amide bonds. The molecule has 2 rings (SSSR count). The average molecular weight is 327 g/mol. The first-order chi connectivity index (χ1) is 11.7. The minimum absolute atomic E-state index is 0.0411. The van der Waals surface area contributed by atoms with E-state index in [0.717, 1.165) is 13.1 Å². The Balaban J connectivity index is 2.03. The fourth-order valence-corrected chi connectivity index (χ4v) is 2.81. The van der Waals surface area contributed by atoms with Gasteiger partial charge in [0.15, 0.2) is 0 Å². The van der Waals surface area contributed by atoms with E-state index >= 15 is 0 Å². The summed E-state index contributed by atoms with van der Waals surface area (Å²) >= 11 is 0. The van der Waals surface area contributed by atoms with Crippen LogP contribution >= 0.6 is 0 Å². The molecule has 0 unspecified atom stereocenters. The van der Waals surface area contributed by atoms with Crippen LogP contribution < -0.4 is 10.9 Å². The second-order valence-corrected chi connectivity index (χ2v) is 5.62. The Kier molecular flexibility index (Phi) is 6.75. The maximum absolute atomic E-state index is 12.2. The molecule has 128 valence electrons. The average Bonchev–Trinajstić information content (AvgIpc) is 2.61. The maximum atomic E-state index is 12.2. The zero-order valence-corrected chi connectivity index (χ0v) is 14.3. The Hall–Kier alpha value is -2.40. The number of pyridine rings is 1. The van der Waals surface area contributed by atoms with E-state index in [-0.39, 0.29) is 24.1 Å². The molecule has 0 aliphatic carbocycles. The lowest BCUT2D eigenvalue weighted by molar-refractivity contribution is -0.122. The fraction of sp³-hybridized carbons (Fsp3) is 0.368. The smallest absolute Gasteiger partial charge is 0.250 e. The van der Waals surface area contributed by atoms with Crippen LogP contribution in [0.25, 0.3) is 0 Å². The van der Waals surface area contributed by atoms with Crippen LogP contribution in [0.5, 0.6) is 0 Å². The molecule has 1 N–H and O–H groups in total. The molecule has 0 bridgehead atoms. The number of nitrogens with one attached hydrogen (secondary N) is 1. The first kappa shape index (κ1) is 17.9. The van der Waals surface area contributed by atoms with Crippen LogP contribution in [0.4, 0.5) is 0 Å². The molecular weight excluding hydrogens is 302 g/mol. The zero-order valence-electron chi connectivity index (χ0n) is 14.3. The topological polar surface area (TPSA) is 54.3 Å². The summed E-state index contributed by atoms with van der Waals surface area (Å²) in [5.74, 6) is -0.156. The van der Waals surface area contributed by atoms with Crippen molar-refractivity contribution in [3.05, 3.63) is 70.6 Å². The van der Waals surface area contributed by atoms with E-state index in [1.54, 1.807) is 18.3 Å². The second-order valence-electron chi connectivity index (χ2n) is 5.62. The molecule has 0 aliphatic rings. The van der Waals surface area contributed by atoms with Gasteiger partial charge in [-0.15, -0.1) is 0 Å². The summed E-state index contributed by atoms with van der Waals surface area (Å²) in [6.07, 6.45) is 1.63. The molecule has 0 saturated heterocycles. The number of hydrogen-bond acceptors (Lipinski definition) is 3. The Morgan fingerprint density at radius 3 is 2.38 bits per heavy atom. The summed E-state index contributed by atoms with van der Waals surface area (Å²) in [5.41, 5.74) is 1.01. The molecule has 1 aromatic carbocycles. The van der Waals surface area contributed by atoms with Crippen LogP contribution in [0.2, 0.25) is 0 Å². The van der Waals surface area contributed by atoms with Gasteiger partial charge >= 0.3 is 0 Å². The first-order valence-corrected chi connectivity index (χ1v) is 8.36. The molecule has 2 aromatic rings. The summed E-state index contributed by atoms with van der Waals surface area (Å²) in [7, 11) is 0. The monoisotopic (exact) mass is 327 g/mol. The normalized spacial score (nSPS) is 12.1. The van der Waals surface area contributed by atoms with Crippen LogP contribution in [0.15, 0.2) is 59.5 Å². The summed E-state index contributed by atoms with van der Waals surface area (Å²) in [6.45, 7) is 6.61. The number of likely N-dealkylation sites (N-methyl/N-ethyl adjacent to an activating group) is 1. The van der Waals surface area contributed by atoms with Crippen molar-refractivity contribution in [1.29, 1.82) is 0 Å². The van der Waals surface area contributed by atoms with Crippen molar-refractivity contribution in [3.8, 4) is 0 Å². The number of aromatic nitrogens is 1. The lowest BCUT2D eigenvalue weighted by Crippen LogP contribution is -2.40. The van der Waals surface area contributed by atoms with Crippen molar-refractivity contribution in [2.75, 3.05) is 19.6 Å². The van der Waals surface area contributed by atoms with Gasteiger partial charge in [0, 0.05) is 18.8 Å². The molecule has 1 heterocycles. The van der Waals surface area contributed by atoms with Gasteiger partial charge in [-0.2, -0.15) is 0 Å². The van der Waals surface area contributed by atoms with Crippen LogP contribution in [0.3, 0.4) is 0 Å². The van der Waals surface area contributed by atoms with Gasteiger partial charge in [0.1, 0.15) is 6.54 Å². The summed E-state index contributed by atoms with van der Waals surface area (Å²) < 4.78 is 1.41. The molecule has 5 heteroatoms. The molecule has 0 aliphatic heterocycles. The van der Waals surface area contributed by atoms with E-state index in [1.807, 2.05) is 18.2 Å². The molecule has 0 radical (unpaired) electrons. The highest BCUT2D eigenvalue weighted by Gasteiger charge is 2.18. The quantitative estimate of drug-likeness (QED) is 0.807. The van der Waals surface area contributed by atoms with Crippen LogP contribution in [0, 0.1) is 0 Å². The SMILES string of the molecule is CCN(CC)[C@H](CNC(=O)Cn1ccccc1=O)c1ccccc1. The Bertz CT molecular complexity index is 693. The predicted molar refractivity (Wildman–Crippen MR) is 95.8 cm³/mol. The number of nitrogens with zero attached hydrogens (tertiary/aromatic N) is 2. The number of carbonyl (C=O) groups excluding carboxylic acids is 1. The minimum atomic E-state index is -0.170. The fourth-order valence-electron chi connectivity index (χ4n) is 2.81. The molecule has 0 fully saturated rings. The third-order valence-electron chi connectivity index (χ3n) is 4.14. The number of amides is 1. The number of hydrogen-bond donors (Lipinski definition) is 1. The zero-order chi connectivity index (χ0) is 17.4. The van der Waals surface area contributed by atoms with Gasteiger partial charge < -0.3 is 9.88 Å². The lowest BCUT2D eigenvalue weighted by Gasteiger charge is -2.30. The molecular formula is C19H25N3O2. The van der Waals surface area contributed by atoms with Crippen molar-refractivity contribution in [2.24, 2.45) is 0 Å². The third-order valence-corrected chi connectivity index (χ3v) is 4.14. The van der Waals surface area contributed by atoms with E-state index in [1.165, 1.54) is 16.2 Å². The molecule has 0 spiro atoms. The largest absolute Gasteiger partial charge is 0.353 e. The Morgan fingerprint density at radius 2 is 1.75 bits per heavy atom. The Morgan fingerprint density at radius 1 is 1.08 bits per heavy atom. The van der Waals surface area contributed by atoms with Crippen molar-refractivity contribution in [3.63, 3.8) is 0 Å². The van der Waals surface area contributed by atoms with E-state index in [4.69, 9.17) is 0 Å². The van der Waals surface area contributed by atoms with Gasteiger partial charge in [-0.3, -0.25) is 14.5 Å².